The first-order valence-electron chi connectivity index (χ1n) is 18.7. The second-order valence-corrected chi connectivity index (χ2v) is 15.7. The summed E-state index contributed by atoms with van der Waals surface area (Å²) in [6.07, 6.45) is 15.8. The number of aryl methyl sites for hydroxylation is 1. The molecule has 268 valence electrons. The van der Waals surface area contributed by atoms with Gasteiger partial charge in [0.2, 0.25) is 0 Å². The zero-order valence-corrected chi connectivity index (χ0v) is 29.0. The van der Waals surface area contributed by atoms with E-state index in [2.05, 4.69) is 29.6 Å². The van der Waals surface area contributed by atoms with Crippen LogP contribution in [0, 0.1) is 11.3 Å². The third-order valence-electron chi connectivity index (χ3n) is 12.8. The van der Waals surface area contributed by atoms with Gasteiger partial charge in [0.25, 0.3) is 0 Å². The van der Waals surface area contributed by atoms with Gasteiger partial charge in [-0.2, -0.15) is 0 Å². The van der Waals surface area contributed by atoms with E-state index in [1.165, 1.54) is 49.4 Å². The lowest BCUT2D eigenvalue weighted by atomic mass is 9.52. The molecule has 0 aromatic heterocycles. The Morgan fingerprint density at radius 1 is 0.765 bits per heavy atom. The molecule has 2 heterocycles. The zero-order valence-electron chi connectivity index (χ0n) is 29.0. The highest BCUT2D eigenvalue weighted by Gasteiger charge is 2.64. The second kappa shape index (κ2) is 13.4. The standard InChI is InChI=1S/C43H49NO7/c45-31-18-20-42(24-31)19-2-3-29-13-14-32-22-30(23-43(29,42)51-32)44-25-28-8-6-26(7-9-28)10-16-35-33(15-11-27-12-17-36(46)38(48)21-27)34-4-1-5-37(47)39(34)41(50)40(35)49/h1,4-9,11-12,15,17,21,29-32,44-50H,2-3,10,13-14,16,18-20,22-25H2/b15-11-/t29-,30+,31+,32-,42-,43-/m1/s1. The Morgan fingerprint density at radius 2 is 1.59 bits per heavy atom. The van der Waals surface area contributed by atoms with Gasteiger partial charge < -0.3 is 40.7 Å². The van der Waals surface area contributed by atoms with Crippen LogP contribution in [0.3, 0.4) is 0 Å². The van der Waals surface area contributed by atoms with Crippen molar-refractivity contribution < 1.29 is 35.4 Å². The number of hydrogen-bond acceptors (Lipinski definition) is 8. The third kappa shape index (κ3) is 6.11. The number of hydrogen-bond donors (Lipinski definition) is 7. The molecule has 6 atom stereocenters. The SMILES string of the molecule is Oc1ccc(/C=C\c2c(CCc3ccc(CN[C@H]4C[C@H]5CC[C@H]6CCC[C@]7(CC[C@H](O)C7)[C@]6(C4)O5)cc3)c(O)c(O)c3c(O)cccc23)cc1O. The summed E-state index contributed by atoms with van der Waals surface area (Å²) in [5.41, 5.74) is 4.16. The Morgan fingerprint density at radius 3 is 2.37 bits per heavy atom. The molecule has 2 bridgehead atoms. The number of rotatable bonds is 8. The van der Waals surface area contributed by atoms with Gasteiger partial charge in [-0.3, -0.25) is 0 Å². The van der Waals surface area contributed by atoms with Crippen LogP contribution < -0.4 is 5.32 Å². The number of ether oxygens (including phenoxy) is 1. The zero-order chi connectivity index (χ0) is 35.3. The van der Waals surface area contributed by atoms with Crippen LogP contribution in [0.25, 0.3) is 22.9 Å². The first-order chi connectivity index (χ1) is 24.6. The van der Waals surface area contributed by atoms with Crippen molar-refractivity contribution in [2.45, 2.75) is 107 Å². The van der Waals surface area contributed by atoms with Crippen LogP contribution in [0.4, 0.5) is 0 Å². The van der Waals surface area contributed by atoms with Crippen molar-refractivity contribution in [3.63, 3.8) is 0 Å². The van der Waals surface area contributed by atoms with E-state index in [-0.39, 0.29) is 51.3 Å². The molecule has 0 unspecified atom stereocenters. The number of phenolic OH excluding ortho intramolecular Hbond substituents is 5. The van der Waals surface area contributed by atoms with Gasteiger partial charge in [-0.05, 0) is 122 Å². The van der Waals surface area contributed by atoms with Gasteiger partial charge in [0.1, 0.15) is 5.75 Å². The van der Waals surface area contributed by atoms with Crippen LogP contribution in [0.5, 0.6) is 28.7 Å². The van der Waals surface area contributed by atoms with Crippen molar-refractivity contribution in [1.82, 2.24) is 5.32 Å². The molecule has 0 radical (unpaired) electrons. The Hall–Kier alpha value is -4.24. The molecule has 2 aliphatic carbocycles. The van der Waals surface area contributed by atoms with E-state index >= 15 is 0 Å². The van der Waals surface area contributed by atoms with Gasteiger partial charge in [0.15, 0.2) is 23.0 Å². The largest absolute Gasteiger partial charge is 0.507 e. The van der Waals surface area contributed by atoms with Crippen molar-refractivity contribution in [3.8, 4) is 28.7 Å². The summed E-state index contributed by atoms with van der Waals surface area (Å²) >= 11 is 0. The number of fused-ring (bicyclic) bond motifs is 2. The molecule has 4 aliphatic rings. The molecule has 2 spiro atoms. The van der Waals surface area contributed by atoms with E-state index in [1.54, 1.807) is 30.4 Å². The van der Waals surface area contributed by atoms with Crippen molar-refractivity contribution in [2.75, 3.05) is 0 Å². The predicted molar refractivity (Wildman–Crippen MR) is 198 cm³/mol. The van der Waals surface area contributed by atoms with Gasteiger partial charge in [-0.15, -0.1) is 0 Å². The third-order valence-corrected chi connectivity index (χ3v) is 12.8. The van der Waals surface area contributed by atoms with E-state index in [4.69, 9.17) is 4.74 Å². The van der Waals surface area contributed by atoms with Crippen molar-refractivity contribution >= 4 is 22.9 Å². The van der Waals surface area contributed by atoms with Crippen LogP contribution in [-0.4, -0.2) is 54.5 Å². The molecule has 4 aromatic rings. The highest BCUT2D eigenvalue weighted by Crippen LogP contribution is 2.64. The predicted octanol–water partition coefficient (Wildman–Crippen LogP) is 7.82. The maximum absolute atomic E-state index is 11.2. The Labute approximate surface area is 299 Å². The molecular weight excluding hydrogens is 642 g/mol. The smallest absolute Gasteiger partial charge is 0.169 e. The molecule has 0 amide bonds. The fourth-order valence-corrected chi connectivity index (χ4v) is 10.3. The van der Waals surface area contributed by atoms with E-state index in [1.807, 2.05) is 0 Å². The number of nitrogens with one attached hydrogen (secondary N) is 1. The van der Waals surface area contributed by atoms with Crippen LogP contribution in [0.1, 0.15) is 92.0 Å². The highest BCUT2D eigenvalue weighted by atomic mass is 16.5. The highest BCUT2D eigenvalue weighted by molar-refractivity contribution is 6.03. The molecule has 4 fully saturated rings. The Bertz CT molecular complexity index is 1950. The van der Waals surface area contributed by atoms with Crippen molar-refractivity contribution in [2.24, 2.45) is 11.3 Å². The summed E-state index contributed by atoms with van der Waals surface area (Å²) in [5, 5.41) is 67.8. The van der Waals surface area contributed by atoms with Gasteiger partial charge in [0, 0.05) is 23.6 Å². The Balaban J connectivity index is 0.977. The number of aliphatic hydroxyl groups excluding tert-OH is 1. The molecule has 8 rings (SSSR count). The minimum atomic E-state index is -0.356. The summed E-state index contributed by atoms with van der Waals surface area (Å²) in [4.78, 5) is 0. The van der Waals surface area contributed by atoms with Crippen molar-refractivity contribution in [3.05, 3.63) is 88.5 Å². The number of aliphatic hydroxyl groups is 1. The quantitative estimate of drug-likeness (QED) is 0.0733. The van der Waals surface area contributed by atoms with Crippen LogP contribution in [-0.2, 0) is 24.1 Å². The topological polar surface area (TPSA) is 143 Å². The minimum absolute atomic E-state index is 0.104. The lowest BCUT2D eigenvalue weighted by Crippen LogP contribution is -2.66. The molecule has 51 heavy (non-hydrogen) atoms. The van der Waals surface area contributed by atoms with Gasteiger partial charge >= 0.3 is 0 Å². The molecule has 2 saturated heterocycles. The summed E-state index contributed by atoms with van der Waals surface area (Å²) < 4.78 is 7.04. The number of phenols is 5. The lowest BCUT2D eigenvalue weighted by molar-refractivity contribution is -0.270. The number of aromatic hydroxyl groups is 5. The minimum Gasteiger partial charge on any atom is -0.507 e. The summed E-state index contributed by atoms with van der Waals surface area (Å²) in [6.45, 7) is 0.776. The molecule has 8 heteroatoms. The average Bonchev–Trinajstić information content (AvgIpc) is 3.51. The van der Waals surface area contributed by atoms with E-state index in [9.17, 15) is 30.6 Å². The van der Waals surface area contributed by atoms with E-state index < -0.39 is 0 Å². The number of benzene rings is 4. The maximum Gasteiger partial charge on any atom is 0.169 e. The molecule has 2 aliphatic heterocycles. The molecule has 2 saturated carbocycles. The lowest BCUT2D eigenvalue weighted by Gasteiger charge is -2.63. The van der Waals surface area contributed by atoms with Crippen LogP contribution >= 0.6 is 0 Å². The molecular formula is C43H49NO7. The van der Waals surface area contributed by atoms with E-state index in [0.717, 1.165) is 50.6 Å². The monoisotopic (exact) mass is 691 g/mol. The normalized spacial score (nSPS) is 28.8. The van der Waals surface area contributed by atoms with Gasteiger partial charge in [-0.1, -0.05) is 61.0 Å². The molecule has 8 nitrogen and oxygen atoms in total. The van der Waals surface area contributed by atoms with Gasteiger partial charge in [0.05, 0.1) is 23.2 Å². The van der Waals surface area contributed by atoms with Crippen LogP contribution in [0.15, 0.2) is 60.7 Å². The summed E-state index contributed by atoms with van der Waals surface area (Å²) in [7, 11) is 0. The first-order valence-corrected chi connectivity index (χ1v) is 18.7. The van der Waals surface area contributed by atoms with E-state index in [0.29, 0.717) is 53.0 Å². The summed E-state index contributed by atoms with van der Waals surface area (Å²) in [5.74, 6) is -0.610. The fourth-order valence-electron chi connectivity index (χ4n) is 10.3. The average molecular weight is 692 g/mol. The maximum atomic E-state index is 11.2. The summed E-state index contributed by atoms with van der Waals surface area (Å²) in [6, 6.07) is 18.4. The first kappa shape index (κ1) is 33.9. The van der Waals surface area contributed by atoms with Crippen LogP contribution in [0.2, 0.25) is 0 Å². The second-order valence-electron chi connectivity index (χ2n) is 15.7. The fraction of sp³-hybridized carbons (Fsp3) is 0.442. The molecule has 4 aromatic carbocycles. The van der Waals surface area contributed by atoms with Crippen molar-refractivity contribution in [1.29, 1.82) is 0 Å². The Kier molecular flexibility index (Phi) is 8.89. The van der Waals surface area contributed by atoms with Gasteiger partial charge in [-0.25, -0.2) is 0 Å². The molecule has 7 N–H and O–H groups in total.